The van der Waals surface area contributed by atoms with Gasteiger partial charge in [-0.2, -0.15) is 0 Å². The minimum absolute atomic E-state index is 0.135. The van der Waals surface area contributed by atoms with Crippen molar-refractivity contribution in [3.63, 3.8) is 0 Å². The van der Waals surface area contributed by atoms with E-state index in [4.69, 9.17) is 4.74 Å². The van der Waals surface area contributed by atoms with E-state index >= 15 is 0 Å². The topological polar surface area (TPSA) is 46.5 Å². The van der Waals surface area contributed by atoms with Gasteiger partial charge in [0.15, 0.2) is 0 Å². The highest BCUT2D eigenvalue weighted by molar-refractivity contribution is 5.92. The Kier molecular flexibility index (Phi) is 2.91. The molecule has 0 aromatic heterocycles. The number of esters is 1. The SMILES string of the molecule is CCOC(=O)C1=C(O)CCC=C1. The summed E-state index contributed by atoms with van der Waals surface area (Å²) >= 11 is 0. The van der Waals surface area contributed by atoms with Crippen LogP contribution in [0.1, 0.15) is 19.8 Å². The number of aliphatic hydroxyl groups is 1. The van der Waals surface area contributed by atoms with Crippen molar-refractivity contribution in [1.82, 2.24) is 0 Å². The van der Waals surface area contributed by atoms with Gasteiger partial charge in [-0.1, -0.05) is 6.08 Å². The van der Waals surface area contributed by atoms with E-state index in [1.807, 2.05) is 6.08 Å². The summed E-state index contributed by atoms with van der Waals surface area (Å²) in [7, 11) is 0. The standard InChI is InChI=1S/C9H12O3/c1-2-12-9(11)7-5-3-4-6-8(7)10/h3,5,10H,2,4,6H2,1H3. The summed E-state index contributed by atoms with van der Waals surface area (Å²) in [6.07, 6.45) is 4.78. The summed E-state index contributed by atoms with van der Waals surface area (Å²) in [6, 6.07) is 0. The van der Waals surface area contributed by atoms with Gasteiger partial charge in [0.1, 0.15) is 5.76 Å². The van der Waals surface area contributed by atoms with E-state index in [0.717, 1.165) is 6.42 Å². The van der Waals surface area contributed by atoms with Gasteiger partial charge in [-0.15, -0.1) is 0 Å². The fourth-order valence-electron chi connectivity index (χ4n) is 1.05. The zero-order valence-corrected chi connectivity index (χ0v) is 7.04. The Hall–Kier alpha value is -1.25. The first-order chi connectivity index (χ1) is 5.75. The molecule has 0 heterocycles. The molecule has 0 aromatic carbocycles. The van der Waals surface area contributed by atoms with Crippen molar-refractivity contribution in [3.05, 3.63) is 23.5 Å². The quantitative estimate of drug-likeness (QED) is 0.638. The first kappa shape index (κ1) is 8.84. The maximum absolute atomic E-state index is 11.1. The lowest BCUT2D eigenvalue weighted by Gasteiger charge is -2.09. The van der Waals surface area contributed by atoms with Gasteiger partial charge in [-0.05, 0) is 19.4 Å². The average molecular weight is 168 g/mol. The highest BCUT2D eigenvalue weighted by atomic mass is 16.5. The largest absolute Gasteiger partial charge is 0.511 e. The Balaban J connectivity index is 2.72. The third kappa shape index (κ3) is 1.87. The second kappa shape index (κ2) is 3.95. The number of ether oxygens (including phenoxy) is 1. The van der Waals surface area contributed by atoms with Crippen molar-refractivity contribution in [1.29, 1.82) is 0 Å². The van der Waals surface area contributed by atoms with E-state index in [1.165, 1.54) is 0 Å². The van der Waals surface area contributed by atoms with Crippen LogP contribution in [-0.2, 0) is 9.53 Å². The van der Waals surface area contributed by atoms with Crippen molar-refractivity contribution in [2.45, 2.75) is 19.8 Å². The molecule has 0 amide bonds. The van der Waals surface area contributed by atoms with E-state index in [-0.39, 0.29) is 5.76 Å². The van der Waals surface area contributed by atoms with E-state index in [9.17, 15) is 9.90 Å². The number of carbonyl (C=O) groups is 1. The molecule has 0 fully saturated rings. The number of carbonyl (C=O) groups excluding carboxylic acids is 1. The highest BCUT2D eigenvalue weighted by Crippen LogP contribution is 2.17. The molecule has 66 valence electrons. The van der Waals surface area contributed by atoms with E-state index < -0.39 is 5.97 Å². The molecule has 3 nitrogen and oxygen atoms in total. The molecule has 3 heteroatoms. The van der Waals surface area contributed by atoms with Gasteiger partial charge >= 0.3 is 5.97 Å². The monoisotopic (exact) mass is 168 g/mol. The molecule has 0 aliphatic heterocycles. The smallest absolute Gasteiger partial charge is 0.341 e. The molecular formula is C9H12O3. The lowest BCUT2D eigenvalue weighted by Crippen LogP contribution is -2.10. The Bertz CT molecular complexity index is 238. The summed E-state index contributed by atoms with van der Waals surface area (Å²) in [5.41, 5.74) is 0.295. The molecule has 1 aliphatic rings. The van der Waals surface area contributed by atoms with Crippen LogP contribution < -0.4 is 0 Å². The van der Waals surface area contributed by atoms with Gasteiger partial charge < -0.3 is 9.84 Å². The van der Waals surface area contributed by atoms with Crippen LogP contribution in [0, 0.1) is 0 Å². The molecule has 0 spiro atoms. The first-order valence-electron chi connectivity index (χ1n) is 4.01. The Morgan fingerprint density at radius 2 is 2.50 bits per heavy atom. The molecule has 1 aliphatic carbocycles. The molecule has 0 saturated heterocycles. The second-order valence-corrected chi connectivity index (χ2v) is 2.52. The third-order valence-corrected chi connectivity index (χ3v) is 1.64. The normalized spacial score (nSPS) is 16.4. The molecule has 0 aromatic rings. The van der Waals surface area contributed by atoms with Crippen molar-refractivity contribution < 1.29 is 14.6 Å². The molecule has 0 saturated carbocycles. The second-order valence-electron chi connectivity index (χ2n) is 2.52. The van der Waals surface area contributed by atoms with E-state index in [2.05, 4.69) is 0 Å². The number of hydrogen-bond acceptors (Lipinski definition) is 3. The van der Waals surface area contributed by atoms with Crippen molar-refractivity contribution >= 4 is 5.97 Å². The molecule has 0 atom stereocenters. The van der Waals surface area contributed by atoms with Crippen LogP contribution in [0.15, 0.2) is 23.5 Å². The maximum Gasteiger partial charge on any atom is 0.341 e. The summed E-state index contributed by atoms with van der Waals surface area (Å²) in [5.74, 6) is -0.304. The summed E-state index contributed by atoms with van der Waals surface area (Å²) < 4.78 is 4.74. The predicted octanol–water partition coefficient (Wildman–Crippen LogP) is 1.71. The molecular weight excluding hydrogens is 156 g/mol. The van der Waals surface area contributed by atoms with Crippen molar-refractivity contribution in [2.75, 3.05) is 6.61 Å². The third-order valence-electron chi connectivity index (χ3n) is 1.64. The van der Waals surface area contributed by atoms with Crippen molar-refractivity contribution in [2.24, 2.45) is 0 Å². The number of aliphatic hydroxyl groups excluding tert-OH is 1. The fraction of sp³-hybridized carbons (Fsp3) is 0.444. The van der Waals surface area contributed by atoms with Gasteiger partial charge in [0, 0.05) is 6.42 Å². The highest BCUT2D eigenvalue weighted by Gasteiger charge is 2.15. The summed E-state index contributed by atoms with van der Waals surface area (Å²) in [4.78, 5) is 11.1. The number of allylic oxidation sites excluding steroid dienone is 2. The fourth-order valence-corrected chi connectivity index (χ4v) is 1.05. The summed E-state index contributed by atoms with van der Waals surface area (Å²) in [6.45, 7) is 2.07. The van der Waals surface area contributed by atoms with E-state index in [0.29, 0.717) is 18.6 Å². The van der Waals surface area contributed by atoms with Crippen LogP contribution in [0.25, 0.3) is 0 Å². The molecule has 0 unspecified atom stereocenters. The maximum atomic E-state index is 11.1. The van der Waals surface area contributed by atoms with Gasteiger partial charge in [0.25, 0.3) is 0 Å². The molecule has 0 bridgehead atoms. The molecule has 1 N–H and O–H groups in total. The Labute approximate surface area is 71.3 Å². The van der Waals surface area contributed by atoms with Crippen LogP contribution in [0.2, 0.25) is 0 Å². The number of rotatable bonds is 2. The molecule has 1 rings (SSSR count). The van der Waals surface area contributed by atoms with Gasteiger partial charge in [0.05, 0.1) is 12.2 Å². The molecule has 0 radical (unpaired) electrons. The first-order valence-corrected chi connectivity index (χ1v) is 4.01. The van der Waals surface area contributed by atoms with Gasteiger partial charge in [0.2, 0.25) is 0 Å². The minimum atomic E-state index is -0.439. The minimum Gasteiger partial charge on any atom is -0.511 e. The number of hydrogen-bond donors (Lipinski definition) is 1. The lowest BCUT2D eigenvalue weighted by molar-refractivity contribution is -0.138. The van der Waals surface area contributed by atoms with Gasteiger partial charge in [-0.3, -0.25) is 0 Å². The van der Waals surface area contributed by atoms with Crippen LogP contribution >= 0.6 is 0 Å². The van der Waals surface area contributed by atoms with Crippen LogP contribution in [0.4, 0.5) is 0 Å². The van der Waals surface area contributed by atoms with Crippen LogP contribution in [-0.4, -0.2) is 17.7 Å². The summed E-state index contributed by atoms with van der Waals surface area (Å²) in [5, 5.41) is 9.29. The van der Waals surface area contributed by atoms with Crippen molar-refractivity contribution in [3.8, 4) is 0 Å². The Morgan fingerprint density at radius 3 is 3.08 bits per heavy atom. The zero-order chi connectivity index (χ0) is 8.97. The average Bonchev–Trinajstić information content (AvgIpc) is 2.05. The van der Waals surface area contributed by atoms with E-state index in [1.54, 1.807) is 13.0 Å². The van der Waals surface area contributed by atoms with Crippen LogP contribution in [0.5, 0.6) is 0 Å². The lowest BCUT2D eigenvalue weighted by atomic mass is 10.1. The van der Waals surface area contributed by atoms with Gasteiger partial charge in [-0.25, -0.2) is 4.79 Å². The Morgan fingerprint density at radius 1 is 1.75 bits per heavy atom. The zero-order valence-electron chi connectivity index (χ0n) is 7.04. The molecule has 12 heavy (non-hydrogen) atoms. The predicted molar refractivity (Wildman–Crippen MR) is 44.7 cm³/mol. The van der Waals surface area contributed by atoms with Crippen LogP contribution in [0.3, 0.4) is 0 Å².